The van der Waals surface area contributed by atoms with Crippen molar-refractivity contribution in [3.05, 3.63) is 12.2 Å². The highest BCUT2D eigenvalue weighted by atomic mass is 16.5. The van der Waals surface area contributed by atoms with Gasteiger partial charge in [0.1, 0.15) is 0 Å². The molecule has 0 saturated heterocycles. The first-order valence-electron chi connectivity index (χ1n) is 9.72. The number of rotatable bonds is 1. The number of carbonyl (C=O) groups excluding carboxylic acids is 1. The van der Waals surface area contributed by atoms with E-state index in [1.807, 2.05) is 0 Å². The van der Waals surface area contributed by atoms with Crippen LogP contribution in [0.3, 0.4) is 0 Å². The van der Waals surface area contributed by atoms with E-state index in [0.717, 1.165) is 19.3 Å². The molecule has 0 radical (unpaired) electrons. The fraction of sp³-hybridized carbons (Fsp3) is 0.857. The number of hydrogen-bond donors (Lipinski definition) is 1. The van der Waals surface area contributed by atoms with Crippen LogP contribution in [0.1, 0.15) is 59.3 Å². The van der Waals surface area contributed by atoms with Crippen molar-refractivity contribution in [2.45, 2.75) is 65.4 Å². The van der Waals surface area contributed by atoms with Gasteiger partial charge in [0.05, 0.1) is 19.1 Å². The minimum absolute atomic E-state index is 0.0670. The smallest absolute Gasteiger partial charge is 0.309 e. The number of methoxy groups -OCH3 is 1. The van der Waals surface area contributed by atoms with Crippen molar-refractivity contribution in [3.63, 3.8) is 0 Å². The molecule has 3 saturated carbocycles. The van der Waals surface area contributed by atoms with E-state index in [4.69, 9.17) is 4.74 Å². The molecular weight excluding hydrogens is 300 g/mol. The Morgan fingerprint density at radius 3 is 2.54 bits per heavy atom. The molecule has 134 valence electrons. The predicted octanol–water partition coefficient (Wildman–Crippen LogP) is 3.96. The van der Waals surface area contributed by atoms with Gasteiger partial charge >= 0.3 is 5.97 Å². The van der Waals surface area contributed by atoms with Gasteiger partial charge in [-0.15, -0.1) is 0 Å². The Morgan fingerprint density at radius 1 is 1.17 bits per heavy atom. The highest BCUT2D eigenvalue weighted by molar-refractivity contribution is 5.74. The average Bonchev–Trinajstić information content (AvgIpc) is 2.49. The topological polar surface area (TPSA) is 46.5 Å². The molecule has 0 aromatic carbocycles. The van der Waals surface area contributed by atoms with Crippen LogP contribution >= 0.6 is 0 Å². The van der Waals surface area contributed by atoms with Crippen molar-refractivity contribution in [3.8, 4) is 0 Å². The van der Waals surface area contributed by atoms with E-state index in [2.05, 4.69) is 32.9 Å². The van der Waals surface area contributed by atoms with E-state index < -0.39 is 0 Å². The number of aliphatic hydroxyl groups is 1. The summed E-state index contributed by atoms with van der Waals surface area (Å²) in [6.07, 6.45) is 10.8. The third-order valence-electron chi connectivity index (χ3n) is 8.59. The Morgan fingerprint density at radius 2 is 1.92 bits per heavy atom. The number of allylic oxidation sites excluding steroid dienone is 1. The molecule has 0 aromatic heterocycles. The largest absolute Gasteiger partial charge is 0.469 e. The van der Waals surface area contributed by atoms with Crippen molar-refractivity contribution in [2.75, 3.05) is 7.11 Å². The van der Waals surface area contributed by atoms with E-state index in [9.17, 15) is 9.90 Å². The molecule has 0 amide bonds. The third-order valence-corrected chi connectivity index (χ3v) is 8.59. The molecule has 3 nitrogen and oxygen atoms in total. The summed E-state index contributed by atoms with van der Waals surface area (Å²) in [7, 11) is 1.49. The Kier molecular flexibility index (Phi) is 3.53. The SMILES string of the molecule is COC(=O)[C@@H]1CC[C@@H]2[C@@]3(C)CCCC(C)(C)[C@@H]3C[C@@H](O)[C@]23C=C[C@H]13. The number of ether oxygens (including phenoxy) is 1. The average molecular weight is 332 g/mol. The second-order valence-electron chi connectivity index (χ2n) is 9.80. The van der Waals surface area contributed by atoms with Crippen LogP contribution in [0.4, 0.5) is 0 Å². The Balaban J connectivity index is 1.74. The second kappa shape index (κ2) is 5.09. The Bertz CT molecular complexity index is 580. The van der Waals surface area contributed by atoms with E-state index in [1.54, 1.807) is 0 Å². The molecule has 1 N–H and O–H groups in total. The van der Waals surface area contributed by atoms with E-state index in [1.165, 1.54) is 26.4 Å². The Hall–Kier alpha value is -0.830. The van der Waals surface area contributed by atoms with Gasteiger partial charge < -0.3 is 9.84 Å². The van der Waals surface area contributed by atoms with Crippen LogP contribution < -0.4 is 0 Å². The normalized spacial score (nSPS) is 51.6. The lowest BCUT2D eigenvalue weighted by Gasteiger charge is -2.69. The first-order valence-corrected chi connectivity index (χ1v) is 9.72. The Labute approximate surface area is 145 Å². The molecule has 0 aliphatic heterocycles. The lowest BCUT2D eigenvalue weighted by Crippen LogP contribution is -2.67. The van der Waals surface area contributed by atoms with Gasteiger partial charge in [-0.3, -0.25) is 4.79 Å². The summed E-state index contributed by atoms with van der Waals surface area (Å²) in [5.41, 5.74) is 0.401. The van der Waals surface area contributed by atoms with Crippen molar-refractivity contribution in [2.24, 2.45) is 39.9 Å². The zero-order chi connectivity index (χ0) is 17.3. The predicted molar refractivity (Wildman–Crippen MR) is 93.1 cm³/mol. The van der Waals surface area contributed by atoms with Gasteiger partial charge in [0, 0.05) is 11.3 Å². The molecule has 3 fully saturated rings. The van der Waals surface area contributed by atoms with E-state index in [-0.39, 0.29) is 34.7 Å². The number of esters is 1. The summed E-state index contributed by atoms with van der Waals surface area (Å²) in [6.45, 7) is 7.28. The zero-order valence-electron chi connectivity index (χ0n) is 15.5. The monoisotopic (exact) mass is 332 g/mol. The molecule has 0 heterocycles. The zero-order valence-corrected chi connectivity index (χ0v) is 15.5. The number of fused-ring (bicyclic) bond motifs is 2. The minimum Gasteiger partial charge on any atom is -0.469 e. The maximum absolute atomic E-state index is 12.3. The number of aliphatic hydroxyl groups excluding tert-OH is 1. The lowest BCUT2D eigenvalue weighted by atomic mass is 9.35. The van der Waals surface area contributed by atoms with Crippen LogP contribution in [0.25, 0.3) is 0 Å². The quantitative estimate of drug-likeness (QED) is 0.584. The van der Waals surface area contributed by atoms with Gasteiger partial charge in [-0.25, -0.2) is 0 Å². The van der Waals surface area contributed by atoms with E-state index >= 15 is 0 Å². The molecule has 7 atom stereocenters. The van der Waals surface area contributed by atoms with Gasteiger partial charge in [0.25, 0.3) is 0 Å². The van der Waals surface area contributed by atoms with Gasteiger partial charge in [-0.1, -0.05) is 39.3 Å². The van der Waals surface area contributed by atoms with Crippen LogP contribution in [-0.2, 0) is 9.53 Å². The van der Waals surface area contributed by atoms with Crippen LogP contribution in [0.5, 0.6) is 0 Å². The summed E-state index contributed by atoms with van der Waals surface area (Å²) in [5.74, 6) is 1.08. The molecule has 0 bridgehead atoms. The molecule has 4 rings (SSSR count). The number of carbonyl (C=O) groups is 1. The first kappa shape index (κ1) is 16.6. The second-order valence-corrected chi connectivity index (χ2v) is 9.80. The summed E-state index contributed by atoms with van der Waals surface area (Å²) in [5, 5.41) is 11.2. The molecule has 4 aliphatic rings. The third kappa shape index (κ3) is 1.85. The highest BCUT2D eigenvalue weighted by Crippen LogP contribution is 2.72. The lowest BCUT2D eigenvalue weighted by molar-refractivity contribution is -0.216. The first-order chi connectivity index (χ1) is 11.3. The van der Waals surface area contributed by atoms with Gasteiger partial charge in [0.2, 0.25) is 0 Å². The summed E-state index contributed by atoms with van der Waals surface area (Å²) >= 11 is 0. The van der Waals surface area contributed by atoms with Crippen molar-refractivity contribution in [1.82, 2.24) is 0 Å². The molecule has 1 spiro atoms. The van der Waals surface area contributed by atoms with Crippen molar-refractivity contribution in [1.29, 1.82) is 0 Å². The molecule has 24 heavy (non-hydrogen) atoms. The summed E-state index contributed by atoms with van der Waals surface area (Å²) in [4.78, 5) is 12.3. The minimum atomic E-state index is -0.319. The van der Waals surface area contributed by atoms with Gasteiger partial charge in [-0.05, 0) is 54.8 Å². The summed E-state index contributed by atoms with van der Waals surface area (Å²) < 4.78 is 5.06. The molecular formula is C21H32O3. The van der Waals surface area contributed by atoms with Crippen LogP contribution in [-0.4, -0.2) is 24.3 Å². The van der Waals surface area contributed by atoms with Crippen LogP contribution in [0.2, 0.25) is 0 Å². The van der Waals surface area contributed by atoms with Crippen molar-refractivity contribution >= 4 is 5.97 Å². The maximum atomic E-state index is 12.3. The van der Waals surface area contributed by atoms with Gasteiger partial charge in [-0.2, -0.15) is 0 Å². The number of hydrogen-bond acceptors (Lipinski definition) is 3. The summed E-state index contributed by atoms with van der Waals surface area (Å²) in [6, 6.07) is 0. The molecule has 4 aliphatic carbocycles. The van der Waals surface area contributed by atoms with Crippen molar-refractivity contribution < 1.29 is 14.6 Å². The van der Waals surface area contributed by atoms with Crippen LogP contribution in [0, 0.1) is 39.9 Å². The molecule has 3 heteroatoms. The maximum Gasteiger partial charge on any atom is 0.309 e. The fourth-order valence-electron chi connectivity index (χ4n) is 7.52. The standard InChI is InChI=1S/C21H32O3/c1-19(2)9-5-10-20(3)15-7-6-13(18(23)24-4)14-8-11-21(14,15)17(22)12-16(19)20/h8,11,13-17,22H,5-7,9-10,12H2,1-4H3/t13-,14-,15-,16+,17-,20-,21+/m1/s1. The highest BCUT2D eigenvalue weighted by Gasteiger charge is 2.68. The van der Waals surface area contributed by atoms with Crippen LogP contribution in [0.15, 0.2) is 12.2 Å². The van der Waals surface area contributed by atoms with E-state index in [0.29, 0.717) is 17.3 Å². The fourth-order valence-corrected chi connectivity index (χ4v) is 7.52. The molecule has 0 aromatic rings. The van der Waals surface area contributed by atoms with Gasteiger partial charge in [0.15, 0.2) is 0 Å². The molecule has 0 unspecified atom stereocenters.